The van der Waals surface area contributed by atoms with Gasteiger partial charge in [0.2, 0.25) is 0 Å². The summed E-state index contributed by atoms with van der Waals surface area (Å²) in [6.45, 7) is 1.94. The third-order valence-electron chi connectivity index (χ3n) is 2.81. The summed E-state index contributed by atoms with van der Waals surface area (Å²) >= 11 is 5.73. The SMILES string of the molecule is Cc1ccc(C(=O)C=COC(=O)c2ccc(Cl)cc2)cc1. The van der Waals surface area contributed by atoms with E-state index in [1.807, 2.05) is 19.1 Å². The van der Waals surface area contributed by atoms with E-state index in [4.69, 9.17) is 16.3 Å². The highest BCUT2D eigenvalue weighted by atomic mass is 35.5. The van der Waals surface area contributed by atoms with Crippen LogP contribution in [0.5, 0.6) is 0 Å². The fourth-order valence-electron chi connectivity index (χ4n) is 1.63. The summed E-state index contributed by atoms with van der Waals surface area (Å²) < 4.78 is 4.90. The van der Waals surface area contributed by atoms with Gasteiger partial charge in [-0.3, -0.25) is 4.79 Å². The molecule has 0 amide bonds. The normalized spacial score (nSPS) is 10.6. The van der Waals surface area contributed by atoms with Crippen molar-refractivity contribution in [3.05, 3.63) is 82.6 Å². The predicted octanol–water partition coefficient (Wildman–Crippen LogP) is 4.20. The second-order valence-corrected chi connectivity index (χ2v) is 4.88. The maximum atomic E-state index is 11.8. The van der Waals surface area contributed by atoms with Gasteiger partial charge in [0.25, 0.3) is 0 Å². The van der Waals surface area contributed by atoms with Crippen LogP contribution in [0.4, 0.5) is 0 Å². The molecular weight excluding hydrogens is 288 g/mol. The van der Waals surface area contributed by atoms with Gasteiger partial charge in [0.1, 0.15) is 0 Å². The first kappa shape index (κ1) is 15.0. The smallest absolute Gasteiger partial charge is 0.342 e. The highest BCUT2D eigenvalue weighted by Crippen LogP contribution is 2.10. The molecular formula is C17H13ClO3. The summed E-state index contributed by atoms with van der Waals surface area (Å²) in [6, 6.07) is 13.5. The topological polar surface area (TPSA) is 43.4 Å². The van der Waals surface area contributed by atoms with Crippen molar-refractivity contribution in [2.75, 3.05) is 0 Å². The summed E-state index contributed by atoms with van der Waals surface area (Å²) in [4.78, 5) is 23.5. The van der Waals surface area contributed by atoms with Gasteiger partial charge in [0.15, 0.2) is 5.78 Å². The minimum absolute atomic E-state index is 0.223. The fourth-order valence-corrected chi connectivity index (χ4v) is 1.75. The minimum atomic E-state index is -0.542. The molecule has 4 heteroatoms. The van der Waals surface area contributed by atoms with Gasteiger partial charge in [-0.15, -0.1) is 0 Å². The Morgan fingerprint density at radius 3 is 2.14 bits per heavy atom. The van der Waals surface area contributed by atoms with Crippen LogP contribution in [0.1, 0.15) is 26.3 Å². The van der Waals surface area contributed by atoms with E-state index in [-0.39, 0.29) is 5.78 Å². The van der Waals surface area contributed by atoms with Gasteiger partial charge in [0.05, 0.1) is 11.8 Å². The highest BCUT2D eigenvalue weighted by Gasteiger charge is 2.06. The number of benzene rings is 2. The maximum absolute atomic E-state index is 11.8. The Bertz CT molecular complexity index is 670. The number of ether oxygens (including phenoxy) is 1. The first-order valence-corrected chi connectivity index (χ1v) is 6.68. The van der Waals surface area contributed by atoms with Gasteiger partial charge in [-0.25, -0.2) is 4.79 Å². The molecule has 2 aromatic rings. The molecule has 0 radical (unpaired) electrons. The average Bonchev–Trinajstić information content (AvgIpc) is 2.48. The number of hydrogen-bond donors (Lipinski definition) is 0. The molecule has 0 fully saturated rings. The average molecular weight is 301 g/mol. The molecule has 0 N–H and O–H groups in total. The Hall–Kier alpha value is -2.39. The Morgan fingerprint density at radius 1 is 0.952 bits per heavy atom. The van der Waals surface area contributed by atoms with Crippen LogP contribution in [0.15, 0.2) is 60.9 Å². The van der Waals surface area contributed by atoms with Crippen molar-refractivity contribution in [3.63, 3.8) is 0 Å². The lowest BCUT2D eigenvalue weighted by molar-refractivity contribution is 0.0662. The number of ketones is 1. The number of hydrogen-bond acceptors (Lipinski definition) is 3. The van der Waals surface area contributed by atoms with E-state index in [2.05, 4.69) is 0 Å². The zero-order chi connectivity index (χ0) is 15.2. The van der Waals surface area contributed by atoms with Crippen molar-refractivity contribution in [1.29, 1.82) is 0 Å². The van der Waals surface area contributed by atoms with E-state index >= 15 is 0 Å². The van der Waals surface area contributed by atoms with Gasteiger partial charge >= 0.3 is 5.97 Å². The molecule has 0 aromatic heterocycles. The second kappa shape index (κ2) is 6.86. The van der Waals surface area contributed by atoms with Gasteiger partial charge in [-0.1, -0.05) is 41.4 Å². The first-order valence-electron chi connectivity index (χ1n) is 6.30. The van der Waals surface area contributed by atoms with Crippen LogP contribution in [0.25, 0.3) is 0 Å². The number of carbonyl (C=O) groups excluding carboxylic acids is 2. The van der Waals surface area contributed by atoms with Crippen LogP contribution < -0.4 is 0 Å². The van der Waals surface area contributed by atoms with Crippen molar-refractivity contribution in [2.24, 2.45) is 0 Å². The maximum Gasteiger partial charge on any atom is 0.342 e. The van der Waals surface area contributed by atoms with Crippen molar-refractivity contribution in [2.45, 2.75) is 6.92 Å². The van der Waals surface area contributed by atoms with Crippen molar-refractivity contribution < 1.29 is 14.3 Å². The molecule has 21 heavy (non-hydrogen) atoms. The zero-order valence-corrected chi connectivity index (χ0v) is 12.1. The third-order valence-corrected chi connectivity index (χ3v) is 3.06. The van der Waals surface area contributed by atoms with Crippen molar-refractivity contribution in [1.82, 2.24) is 0 Å². The molecule has 0 heterocycles. The lowest BCUT2D eigenvalue weighted by Gasteiger charge is -1.99. The number of halogens is 1. The largest absolute Gasteiger partial charge is 0.431 e. The van der Waals surface area contributed by atoms with Gasteiger partial charge in [-0.2, -0.15) is 0 Å². The van der Waals surface area contributed by atoms with Crippen LogP contribution in [-0.4, -0.2) is 11.8 Å². The second-order valence-electron chi connectivity index (χ2n) is 4.45. The summed E-state index contributed by atoms with van der Waals surface area (Å²) in [7, 11) is 0. The van der Waals surface area contributed by atoms with E-state index in [0.717, 1.165) is 11.8 Å². The van der Waals surface area contributed by atoms with Crippen molar-refractivity contribution >= 4 is 23.4 Å². The number of esters is 1. The van der Waals surface area contributed by atoms with E-state index in [1.165, 1.54) is 6.08 Å². The summed E-state index contributed by atoms with van der Waals surface area (Å²) in [5.41, 5.74) is 1.98. The highest BCUT2D eigenvalue weighted by molar-refractivity contribution is 6.30. The Labute approximate surface area is 127 Å². The fraction of sp³-hybridized carbons (Fsp3) is 0.0588. The quantitative estimate of drug-likeness (QED) is 0.368. The number of rotatable bonds is 4. The van der Waals surface area contributed by atoms with E-state index < -0.39 is 5.97 Å². The lowest BCUT2D eigenvalue weighted by Crippen LogP contribution is -2.01. The van der Waals surface area contributed by atoms with Gasteiger partial charge in [-0.05, 0) is 31.2 Å². The van der Waals surface area contributed by atoms with Crippen LogP contribution in [0.2, 0.25) is 5.02 Å². The molecule has 0 spiro atoms. The molecule has 0 unspecified atom stereocenters. The Balaban J connectivity index is 1.95. The molecule has 0 aliphatic carbocycles. The third kappa shape index (κ3) is 4.29. The molecule has 0 saturated heterocycles. The van der Waals surface area contributed by atoms with Gasteiger partial charge in [0, 0.05) is 16.7 Å². The van der Waals surface area contributed by atoms with E-state index in [0.29, 0.717) is 16.1 Å². The first-order chi connectivity index (χ1) is 10.1. The van der Waals surface area contributed by atoms with Gasteiger partial charge < -0.3 is 4.74 Å². The molecule has 0 aliphatic heterocycles. The minimum Gasteiger partial charge on any atom is -0.431 e. The van der Waals surface area contributed by atoms with Crippen LogP contribution in [0.3, 0.4) is 0 Å². The summed E-state index contributed by atoms with van der Waals surface area (Å²) in [5.74, 6) is -0.765. The molecule has 3 nitrogen and oxygen atoms in total. The molecule has 2 aromatic carbocycles. The molecule has 2 rings (SSSR count). The van der Waals surface area contributed by atoms with E-state index in [9.17, 15) is 9.59 Å². The molecule has 106 valence electrons. The monoisotopic (exact) mass is 300 g/mol. The lowest BCUT2D eigenvalue weighted by atomic mass is 10.1. The molecule has 0 saturated carbocycles. The Morgan fingerprint density at radius 2 is 1.52 bits per heavy atom. The molecule has 0 aliphatic rings. The van der Waals surface area contributed by atoms with Crippen LogP contribution in [0, 0.1) is 6.92 Å². The molecule has 0 atom stereocenters. The zero-order valence-electron chi connectivity index (χ0n) is 11.4. The van der Waals surface area contributed by atoms with Crippen LogP contribution in [-0.2, 0) is 4.74 Å². The standard InChI is InChI=1S/C17H13ClO3/c1-12-2-4-13(5-3-12)16(19)10-11-21-17(20)14-6-8-15(18)9-7-14/h2-11H,1H3. The predicted molar refractivity (Wildman–Crippen MR) is 81.5 cm³/mol. The number of carbonyl (C=O) groups is 2. The summed E-state index contributed by atoms with van der Waals surface area (Å²) in [6.07, 6.45) is 2.32. The Kier molecular flexibility index (Phi) is 4.90. The summed E-state index contributed by atoms with van der Waals surface area (Å²) in [5, 5.41) is 0.539. The van der Waals surface area contributed by atoms with Crippen LogP contribution >= 0.6 is 11.6 Å². The number of allylic oxidation sites excluding steroid dienone is 1. The number of aryl methyl sites for hydroxylation is 1. The van der Waals surface area contributed by atoms with E-state index in [1.54, 1.807) is 36.4 Å². The molecule has 0 bridgehead atoms. The van der Waals surface area contributed by atoms with Crippen molar-refractivity contribution in [3.8, 4) is 0 Å².